The van der Waals surface area contributed by atoms with Crippen LogP contribution < -0.4 is 19.5 Å². The first-order valence-electron chi connectivity index (χ1n) is 20.4. The van der Waals surface area contributed by atoms with Crippen molar-refractivity contribution >= 4 is 45.1 Å². The minimum absolute atomic E-state index is 0.0484. The molecular weight excluding hydrogens is 767 g/mol. The van der Waals surface area contributed by atoms with Crippen molar-refractivity contribution in [1.82, 2.24) is 0 Å². The molecule has 0 saturated heterocycles. The number of fused-ring (bicyclic) bond motifs is 10. The summed E-state index contributed by atoms with van der Waals surface area (Å²) in [5.41, 5.74) is 10.4. The molecule has 1 aliphatic heterocycles. The summed E-state index contributed by atoms with van der Waals surface area (Å²) < 4.78 is 32.4. The lowest BCUT2D eigenvalue weighted by Gasteiger charge is -2.52. The smallest absolute Gasteiger partial charge is 0.178 e. The van der Waals surface area contributed by atoms with Crippen molar-refractivity contribution in [2.24, 2.45) is 10.8 Å². The summed E-state index contributed by atoms with van der Waals surface area (Å²) in [6.07, 6.45) is 11.7. The third-order valence-corrected chi connectivity index (χ3v) is 14.7. The second-order valence-electron chi connectivity index (χ2n) is 18.1. The van der Waals surface area contributed by atoms with Gasteiger partial charge in [-0.3, -0.25) is 4.21 Å². The van der Waals surface area contributed by atoms with E-state index in [4.69, 9.17) is 14.2 Å². The summed E-state index contributed by atoms with van der Waals surface area (Å²) in [4.78, 5) is 2.08. The number of methoxy groups -OCH3 is 2. The Labute approximate surface area is 356 Å². The number of anilines is 1. The highest BCUT2D eigenvalue weighted by atomic mass is 32.2. The molecule has 1 atom stereocenters. The predicted octanol–water partition coefficient (Wildman–Crippen LogP) is 12.9. The van der Waals surface area contributed by atoms with Gasteiger partial charge in [0.25, 0.3) is 0 Å². The maximum Gasteiger partial charge on any atom is 0.178 e. The van der Waals surface area contributed by atoms with Crippen molar-refractivity contribution in [3.63, 3.8) is 0 Å². The first-order valence-corrected chi connectivity index (χ1v) is 23.2. The van der Waals surface area contributed by atoms with Crippen molar-refractivity contribution in [3.05, 3.63) is 137 Å². The molecule has 3 aliphatic rings. The molecule has 7 heteroatoms. The molecule has 6 aromatic rings. The summed E-state index contributed by atoms with van der Waals surface area (Å²) in [6, 6.07) is 36.6. The van der Waals surface area contributed by atoms with E-state index in [0.29, 0.717) is 0 Å². The van der Waals surface area contributed by atoms with E-state index in [2.05, 4.69) is 130 Å². The van der Waals surface area contributed by atoms with Gasteiger partial charge in [-0.2, -0.15) is 0 Å². The largest absolute Gasteiger partial charge is 0.497 e. The van der Waals surface area contributed by atoms with Crippen molar-refractivity contribution in [1.29, 1.82) is 0 Å². The molecule has 0 amide bonds. The molecular formula is C52H53NO4S2. The molecule has 1 spiro atoms. The zero-order valence-corrected chi connectivity index (χ0v) is 37.2. The zero-order valence-electron chi connectivity index (χ0n) is 35.5. The average Bonchev–Trinajstić information content (AvgIpc) is 3.49. The fourth-order valence-electron chi connectivity index (χ4n) is 11.2. The average molecular weight is 820 g/mol. The molecule has 6 aromatic carbocycles. The van der Waals surface area contributed by atoms with Crippen LogP contribution in [0.4, 0.5) is 5.69 Å². The molecule has 59 heavy (non-hydrogen) atoms. The molecule has 1 heterocycles. The Morgan fingerprint density at radius 2 is 1.34 bits per heavy atom. The summed E-state index contributed by atoms with van der Waals surface area (Å²) >= 11 is 1.78. The van der Waals surface area contributed by atoms with Gasteiger partial charge in [-0.05, 0) is 142 Å². The number of hydrogen-bond donors (Lipinski definition) is 1. The predicted molar refractivity (Wildman–Crippen MR) is 247 cm³/mol. The fourth-order valence-corrected chi connectivity index (χ4v) is 12.4. The Morgan fingerprint density at radius 1 is 0.729 bits per heavy atom. The van der Waals surface area contributed by atoms with E-state index in [9.17, 15) is 4.21 Å². The van der Waals surface area contributed by atoms with Gasteiger partial charge in [0.05, 0.1) is 14.2 Å². The van der Waals surface area contributed by atoms with Gasteiger partial charge in [0.1, 0.15) is 17.2 Å². The summed E-state index contributed by atoms with van der Waals surface area (Å²) in [7, 11) is 4.22. The lowest BCUT2D eigenvalue weighted by molar-refractivity contribution is 0.0641. The minimum atomic E-state index is -1.13. The van der Waals surface area contributed by atoms with Crippen LogP contribution in [-0.4, -0.2) is 38.0 Å². The molecule has 0 aromatic heterocycles. The van der Waals surface area contributed by atoms with Gasteiger partial charge in [0.2, 0.25) is 0 Å². The van der Waals surface area contributed by atoms with Crippen LogP contribution in [0.1, 0.15) is 74.8 Å². The Morgan fingerprint density at radius 3 is 1.88 bits per heavy atom. The molecule has 0 radical (unpaired) electrons. The standard InChI is InChI=1S/C52H53NO4S2/c1-49(2)29-50(3,4)31-51(30-49)44-26-38(59(9)54)22-23-39(44)46-42-28-45(58-8)41(32-10-16-35(53-5)17-11-32)27-43(42)48-40(47(46)51)24-25-52(57-48,33-12-18-36(55-6)19-13-33)34-14-20-37(56-7)21-15-34/h10-28,53H,29-31H2,1-9H3. The second kappa shape index (κ2) is 14.3. The van der Waals surface area contributed by atoms with Crippen molar-refractivity contribution < 1.29 is 18.4 Å². The molecule has 9 rings (SSSR count). The Hall–Kier alpha value is -4.98. The van der Waals surface area contributed by atoms with E-state index < -0.39 is 16.4 Å². The molecule has 2 aliphatic carbocycles. The lowest BCUT2D eigenvalue weighted by Crippen LogP contribution is -2.44. The van der Waals surface area contributed by atoms with Crippen LogP contribution in [0.15, 0.2) is 119 Å². The normalized spacial score (nSPS) is 18.1. The van der Waals surface area contributed by atoms with Crippen molar-refractivity contribution in [2.45, 2.75) is 67.8 Å². The van der Waals surface area contributed by atoms with E-state index in [0.717, 1.165) is 80.3 Å². The molecule has 302 valence electrons. The molecule has 1 unspecified atom stereocenters. The van der Waals surface area contributed by atoms with Crippen LogP contribution in [0.5, 0.6) is 17.2 Å². The van der Waals surface area contributed by atoms with Crippen LogP contribution in [0.3, 0.4) is 0 Å². The van der Waals surface area contributed by atoms with Gasteiger partial charge < -0.3 is 19.5 Å². The van der Waals surface area contributed by atoms with Crippen LogP contribution in [0.2, 0.25) is 0 Å². The molecule has 1 N–H and O–H groups in total. The first kappa shape index (κ1) is 39.5. The Kier molecular flexibility index (Phi) is 9.60. The number of thioether (sulfide) groups is 1. The van der Waals surface area contributed by atoms with Crippen molar-refractivity contribution in [2.75, 3.05) is 39.1 Å². The maximum absolute atomic E-state index is 13.3. The number of nitrogens with one attached hydrogen (secondary N) is 1. The van der Waals surface area contributed by atoms with E-state index in [1.54, 1.807) is 32.2 Å². The number of benzene rings is 6. The van der Waals surface area contributed by atoms with E-state index in [1.165, 1.54) is 32.5 Å². The number of hydrogen-bond acceptors (Lipinski definition) is 6. The zero-order chi connectivity index (χ0) is 41.5. The van der Waals surface area contributed by atoms with Crippen LogP contribution in [0, 0.1) is 10.8 Å². The van der Waals surface area contributed by atoms with E-state index in [1.807, 2.05) is 31.3 Å². The highest BCUT2D eigenvalue weighted by molar-refractivity contribution is 7.98. The number of rotatable bonds is 8. The van der Waals surface area contributed by atoms with Crippen molar-refractivity contribution in [3.8, 4) is 39.5 Å². The number of ether oxygens (including phenoxy) is 3. The van der Waals surface area contributed by atoms with Crippen LogP contribution >= 0.6 is 11.8 Å². The SMILES string of the molecule is CNc1ccc(-c2cc3c4c(c5c(c3cc2SC)-c2ccc(S(C)=O)cc2C52CC(C)(C)CC(C)(C)C2)C=CC(c2ccc(OC)cc2)(c2ccc(OC)cc2)O4)cc1. The monoisotopic (exact) mass is 819 g/mol. The summed E-state index contributed by atoms with van der Waals surface area (Å²) in [5.74, 6) is 2.45. The van der Waals surface area contributed by atoms with Gasteiger partial charge in [0.15, 0.2) is 5.60 Å². The quantitative estimate of drug-likeness (QED) is 0.154. The first-order chi connectivity index (χ1) is 28.2. The van der Waals surface area contributed by atoms with Gasteiger partial charge in [-0.25, -0.2) is 0 Å². The third kappa shape index (κ3) is 6.39. The maximum atomic E-state index is 13.3. The second-order valence-corrected chi connectivity index (χ2v) is 20.4. The van der Waals surface area contributed by atoms with Gasteiger partial charge in [-0.1, -0.05) is 76.2 Å². The lowest BCUT2D eigenvalue weighted by atomic mass is 9.52. The van der Waals surface area contributed by atoms with E-state index in [-0.39, 0.29) is 16.2 Å². The highest BCUT2D eigenvalue weighted by Gasteiger charge is 2.55. The van der Waals surface area contributed by atoms with Crippen LogP contribution in [-0.2, 0) is 21.8 Å². The van der Waals surface area contributed by atoms with Gasteiger partial charge >= 0.3 is 0 Å². The van der Waals surface area contributed by atoms with Gasteiger partial charge in [-0.15, -0.1) is 11.8 Å². The molecule has 0 bridgehead atoms. The Bertz CT molecular complexity index is 2610. The topological polar surface area (TPSA) is 56.8 Å². The summed E-state index contributed by atoms with van der Waals surface area (Å²) in [6.45, 7) is 9.74. The fraction of sp³-hybridized carbons (Fsp3) is 0.308. The molecule has 1 saturated carbocycles. The van der Waals surface area contributed by atoms with Crippen LogP contribution in [0.25, 0.3) is 39.1 Å². The van der Waals surface area contributed by atoms with Gasteiger partial charge in [0, 0.05) is 67.1 Å². The minimum Gasteiger partial charge on any atom is -0.497 e. The Balaban J connectivity index is 1.42. The highest BCUT2D eigenvalue weighted by Crippen LogP contribution is 2.67. The van der Waals surface area contributed by atoms with E-state index >= 15 is 0 Å². The molecule has 5 nitrogen and oxygen atoms in total. The summed E-state index contributed by atoms with van der Waals surface area (Å²) in [5, 5.41) is 5.53. The molecule has 1 fully saturated rings. The third-order valence-electron chi connectivity index (χ3n) is 13.0.